The van der Waals surface area contributed by atoms with Gasteiger partial charge in [-0.25, -0.2) is 0 Å². The lowest BCUT2D eigenvalue weighted by atomic mass is 10.2. The Hall–Kier alpha value is -2.06. The molecule has 1 N–H and O–H groups in total. The monoisotopic (exact) mass is 261 g/mol. The largest absolute Gasteiger partial charge is 0.377 e. The van der Waals surface area contributed by atoms with Gasteiger partial charge in [0.1, 0.15) is 12.4 Å². The Kier molecular flexibility index (Phi) is 3.80. The van der Waals surface area contributed by atoms with Gasteiger partial charge in [-0.3, -0.25) is 0 Å². The number of rotatable bonds is 4. The van der Waals surface area contributed by atoms with E-state index in [2.05, 4.69) is 21.6 Å². The van der Waals surface area contributed by atoms with Crippen LogP contribution >= 0.6 is 11.6 Å². The second-order valence-corrected chi connectivity index (χ2v) is 4.12. The number of halogens is 1. The molecule has 0 fully saturated rings. The summed E-state index contributed by atoms with van der Waals surface area (Å²) in [7, 11) is 0. The van der Waals surface area contributed by atoms with Crippen molar-refractivity contribution < 1.29 is 0 Å². The fourth-order valence-electron chi connectivity index (χ4n) is 1.62. The number of anilines is 1. The maximum absolute atomic E-state index is 9.02. The van der Waals surface area contributed by atoms with Gasteiger partial charge in [-0.2, -0.15) is 5.26 Å². The Balaban J connectivity index is 2.14. The highest BCUT2D eigenvalue weighted by molar-refractivity contribution is 6.30. The highest BCUT2D eigenvalue weighted by Crippen LogP contribution is 2.20. The van der Waals surface area contributed by atoms with E-state index in [9.17, 15) is 0 Å². The topological polar surface area (TPSA) is 66.5 Å². The minimum absolute atomic E-state index is 0.518. The Morgan fingerprint density at radius 2 is 2.33 bits per heavy atom. The molecule has 1 aromatic carbocycles. The van der Waals surface area contributed by atoms with Crippen molar-refractivity contribution in [3.63, 3.8) is 0 Å². The Morgan fingerprint density at radius 1 is 1.50 bits per heavy atom. The van der Waals surface area contributed by atoms with Gasteiger partial charge in [-0.15, -0.1) is 10.2 Å². The fourth-order valence-corrected chi connectivity index (χ4v) is 1.79. The van der Waals surface area contributed by atoms with Crippen molar-refractivity contribution in [2.45, 2.75) is 20.0 Å². The molecule has 0 amide bonds. The van der Waals surface area contributed by atoms with Gasteiger partial charge in [0.25, 0.3) is 0 Å². The van der Waals surface area contributed by atoms with E-state index in [0.29, 0.717) is 17.1 Å². The first kappa shape index (κ1) is 12.4. The normalized spacial score (nSPS) is 10.1. The van der Waals surface area contributed by atoms with Crippen LogP contribution in [0.3, 0.4) is 0 Å². The zero-order valence-corrected chi connectivity index (χ0v) is 10.6. The van der Waals surface area contributed by atoms with Crippen molar-refractivity contribution >= 4 is 17.3 Å². The molecular formula is C12H12ClN5. The summed E-state index contributed by atoms with van der Waals surface area (Å²) in [5.41, 5.74) is 1.26. The standard InChI is InChI=1S/C12H12ClN5/c1-2-18-8-16-17-12(18)7-15-11-4-3-10(13)5-9(11)6-14/h3-5,8,15H,2,7H2,1H3. The molecule has 0 aliphatic rings. The summed E-state index contributed by atoms with van der Waals surface area (Å²) in [6.07, 6.45) is 1.68. The molecular weight excluding hydrogens is 250 g/mol. The van der Waals surface area contributed by atoms with Gasteiger partial charge in [0, 0.05) is 11.6 Å². The zero-order chi connectivity index (χ0) is 13.0. The van der Waals surface area contributed by atoms with Crippen LogP contribution in [-0.2, 0) is 13.1 Å². The van der Waals surface area contributed by atoms with E-state index in [4.69, 9.17) is 16.9 Å². The maximum atomic E-state index is 9.02. The number of aryl methyl sites for hydroxylation is 1. The van der Waals surface area contributed by atoms with Crippen molar-refractivity contribution in [2.75, 3.05) is 5.32 Å². The number of hydrogen-bond acceptors (Lipinski definition) is 4. The molecule has 18 heavy (non-hydrogen) atoms. The SMILES string of the molecule is CCn1cnnc1CNc1ccc(Cl)cc1C#N. The molecule has 0 bridgehead atoms. The van der Waals surface area contributed by atoms with E-state index in [1.54, 1.807) is 24.5 Å². The zero-order valence-electron chi connectivity index (χ0n) is 9.89. The van der Waals surface area contributed by atoms with Crippen LogP contribution in [0.15, 0.2) is 24.5 Å². The summed E-state index contributed by atoms with van der Waals surface area (Å²) >= 11 is 5.84. The van der Waals surface area contributed by atoms with E-state index >= 15 is 0 Å². The molecule has 0 unspecified atom stereocenters. The lowest BCUT2D eigenvalue weighted by Gasteiger charge is -2.08. The van der Waals surface area contributed by atoms with Crippen LogP contribution in [0.4, 0.5) is 5.69 Å². The highest BCUT2D eigenvalue weighted by Gasteiger charge is 2.05. The van der Waals surface area contributed by atoms with Crippen LogP contribution in [0.2, 0.25) is 5.02 Å². The van der Waals surface area contributed by atoms with Crippen LogP contribution in [0.1, 0.15) is 18.3 Å². The number of nitrogens with zero attached hydrogens (tertiary/aromatic N) is 4. The number of nitriles is 1. The van der Waals surface area contributed by atoms with Gasteiger partial charge in [0.05, 0.1) is 17.8 Å². The first-order valence-corrected chi connectivity index (χ1v) is 5.92. The van der Waals surface area contributed by atoms with Gasteiger partial charge in [-0.1, -0.05) is 11.6 Å². The molecule has 0 aliphatic carbocycles. The molecule has 5 nitrogen and oxygen atoms in total. The molecule has 92 valence electrons. The summed E-state index contributed by atoms with van der Waals surface area (Å²) in [6, 6.07) is 7.27. The van der Waals surface area contributed by atoms with Crippen LogP contribution in [-0.4, -0.2) is 14.8 Å². The molecule has 0 saturated carbocycles. The van der Waals surface area contributed by atoms with Gasteiger partial charge >= 0.3 is 0 Å². The summed E-state index contributed by atoms with van der Waals surface area (Å²) in [4.78, 5) is 0. The van der Waals surface area contributed by atoms with Gasteiger partial charge in [0.15, 0.2) is 5.82 Å². The molecule has 6 heteroatoms. The van der Waals surface area contributed by atoms with Crippen molar-refractivity contribution in [3.05, 3.63) is 40.9 Å². The number of aromatic nitrogens is 3. The summed E-state index contributed by atoms with van der Waals surface area (Å²) in [5, 5.41) is 20.6. The average molecular weight is 262 g/mol. The van der Waals surface area contributed by atoms with Crippen molar-refractivity contribution in [3.8, 4) is 6.07 Å². The van der Waals surface area contributed by atoms with E-state index in [0.717, 1.165) is 18.1 Å². The molecule has 1 aromatic heterocycles. The van der Waals surface area contributed by atoms with Crippen molar-refractivity contribution in [1.82, 2.24) is 14.8 Å². The minimum Gasteiger partial charge on any atom is -0.377 e. The molecule has 2 rings (SSSR count). The van der Waals surface area contributed by atoms with Crippen LogP contribution < -0.4 is 5.32 Å². The number of nitrogens with one attached hydrogen (secondary N) is 1. The van der Waals surface area contributed by atoms with Gasteiger partial charge < -0.3 is 9.88 Å². The fraction of sp³-hybridized carbons (Fsp3) is 0.250. The first-order valence-electron chi connectivity index (χ1n) is 5.54. The maximum Gasteiger partial charge on any atom is 0.152 e. The molecule has 0 saturated heterocycles. The third-order valence-electron chi connectivity index (χ3n) is 2.58. The lowest BCUT2D eigenvalue weighted by Crippen LogP contribution is -2.08. The highest BCUT2D eigenvalue weighted by atomic mass is 35.5. The molecule has 0 atom stereocenters. The smallest absolute Gasteiger partial charge is 0.152 e. The minimum atomic E-state index is 0.518. The Bertz CT molecular complexity index is 584. The van der Waals surface area contributed by atoms with Crippen molar-refractivity contribution in [1.29, 1.82) is 5.26 Å². The predicted octanol–water partition coefficient (Wildman–Crippen LogP) is 2.44. The van der Waals surface area contributed by atoms with E-state index in [-0.39, 0.29) is 0 Å². The summed E-state index contributed by atoms with van der Waals surface area (Å²) in [5.74, 6) is 0.830. The van der Waals surface area contributed by atoms with E-state index in [1.807, 2.05) is 11.5 Å². The average Bonchev–Trinajstić information content (AvgIpc) is 2.84. The third-order valence-corrected chi connectivity index (χ3v) is 2.81. The first-order chi connectivity index (χ1) is 8.74. The van der Waals surface area contributed by atoms with Gasteiger partial charge in [0.2, 0.25) is 0 Å². The lowest BCUT2D eigenvalue weighted by molar-refractivity contribution is 0.708. The number of hydrogen-bond donors (Lipinski definition) is 1. The molecule has 0 spiro atoms. The predicted molar refractivity (Wildman–Crippen MR) is 69.2 cm³/mol. The van der Waals surface area contributed by atoms with Gasteiger partial charge in [-0.05, 0) is 25.1 Å². The summed E-state index contributed by atoms with van der Waals surface area (Å²) < 4.78 is 1.94. The van der Waals surface area contributed by atoms with Crippen LogP contribution in [0.5, 0.6) is 0 Å². The van der Waals surface area contributed by atoms with Crippen molar-refractivity contribution in [2.24, 2.45) is 0 Å². The second-order valence-electron chi connectivity index (χ2n) is 3.69. The quantitative estimate of drug-likeness (QED) is 0.918. The summed E-state index contributed by atoms with van der Waals surface area (Å²) in [6.45, 7) is 3.36. The van der Waals surface area contributed by atoms with E-state index in [1.165, 1.54) is 0 Å². The molecule has 0 radical (unpaired) electrons. The molecule has 0 aliphatic heterocycles. The Morgan fingerprint density at radius 3 is 3.06 bits per heavy atom. The van der Waals surface area contributed by atoms with Crippen LogP contribution in [0, 0.1) is 11.3 Å². The van der Waals surface area contributed by atoms with E-state index < -0.39 is 0 Å². The van der Waals surface area contributed by atoms with Crippen LogP contribution in [0.25, 0.3) is 0 Å². The third kappa shape index (κ3) is 2.60. The Labute approximate surface area is 110 Å². The second kappa shape index (κ2) is 5.52. The molecule has 2 aromatic rings. The number of benzene rings is 1. The molecule has 1 heterocycles.